The lowest BCUT2D eigenvalue weighted by Crippen LogP contribution is -2.07. The molecule has 0 amide bonds. The van der Waals surface area contributed by atoms with Gasteiger partial charge >= 0.3 is 11.3 Å². The van der Waals surface area contributed by atoms with E-state index in [-0.39, 0.29) is 0 Å². The first kappa shape index (κ1) is 18.1. The maximum atomic E-state index is 12.8. The van der Waals surface area contributed by atoms with Crippen molar-refractivity contribution in [1.29, 1.82) is 0 Å². The zero-order chi connectivity index (χ0) is 20.8. The predicted molar refractivity (Wildman–Crippen MR) is 119 cm³/mol. The highest BCUT2D eigenvalue weighted by molar-refractivity contribution is 6.05. The van der Waals surface area contributed by atoms with Crippen molar-refractivity contribution < 1.29 is 8.83 Å². The van der Waals surface area contributed by atoms with Gasteiger partial charge in [0, 0.05) is 22.4 Å². The van der Waals surface area contributed by atoms with Crippen LogP contribution < -0.4 is 11.3 Å². The van der Waals surface area contributed by atoms with Crippen LogP contribution in [0.15, 0.2) is 91.2 Å². The molecule has 2 heterocycles. The van der Waals surface area contributed by atoms with E-state index >= 15 is 0 Å². The summed E-state index contributed by atoms with van der Waals surface area (Å²) in [6, 6.07) is 22.7. The van der Waals surface area contributed by atoms with E-state index in [1.54, 1.807) is 0 Å². The molecule has 0 aliphatic rings. The first-order valence-electron chi connectivity index (χ1n) is 9.70. The van der Waals surface area contributed by atoms with Gasteiger partial charge in [-0.15, -0.1) is 0 Å². The Morgan fingerprint density at radius 2 is 1.23 bits per heavy atom. The number of aryl methyl sites for hydroxylation is 2. The largest absolute Gasteiger partial charge is 0.422 e. The zero-order valence-corrected chi connectivity index (χ0v) is 16.6. The van der Waals surface area contributed by atoms with Gasteiger partial charge in [0.05, 0.1) is 5.56 Å². The lowest BCUT2D eigenvalue weighted by Gasteiger charge is -2.13. The molecule has 0 fully saturated rings. The molecule has 5 aromatic rings. The van der Waals surface area contributed by atoms with Crippen LogP contribution in [0.25, 0.3) is 44.2 Å². The smallest absolute Gasteiger partial charge is 0.344 e. The topological polar surface area (TPSA) is 60.4 Å². The first-order valence-corrected chi connectivity index (χ1v) is 9.70. The second-order valence-corrected chi connectivity index (χ2v) is 7.36. The number of hydrogen-bond acceptors (Lipinski definition) is 4. The van der Waals surface area contributed by atoms with Gasteiger partial charge in [-0.2, -0.15) is 0 Å². The summed E-state index contributed by atoms with van der Waals surface area (Å²) in [5.41, 5.74) is 4.57. The van der Waals surface area contributed by atoms with E-state index in [2.05, 4.69) is 0 Å². The second-order valence-electron chi connectivity index (χ2n) is 7.36. The molecule has 4 nitrogen and oxygen atoms in total. The molecular weight excluding hydrogens is 376 g/mol. The van der Waals surface area contributed by atoms with Crippen molar-refractivity contribution in [2.45, 2.75) is 13.8 Å². The third-order valence-corrected chi connectivity index (χ3v) is 5.54. The van der Waals surface area contributed by atoms with Crippen molar-refractivity contribution in [3.8, 4) is 22.3 Å². The highest BCUT2D eigenvalue weighted by Gasteiger charge is 2.19. The summed E-state index contributed by atoms with van der Waals surface area (Å²) >= 11 is 0. The molecule has 0 unspecified atom stereocenters. The predicted octanol–water partition coefficient (Wildman–Crippen LogP) is 5.85. The number of rotatable bonds is 2. The van der Waals surface area contributed by atoms with E-state index in [9.17, 15) is 9.59 Å². The molecule has 4 heteroatoms. The van der Waals surface area contributed by atoms with Gasteiger partial charge in [0.2, 0.25) is 0 Å². The number of benzene rings is 3. The van der Waals surface area contributed by atoms with Gasteiger partial charge in [-0.25, -0.2) is 9.59 Å². The normalized spacial score (nSPS) is 11.3. The Bertz CT molecular complexity index is 1530. The van der Waals surface area contributed by atoms with Crippen molar-refractivity contribution in [2.24, 2.45) is 0 Å². The Hall–Kier alpha value is -3.92. The molecule has 30 heavy (non-hydrogen) atoms. The minimum atomic E-state index is -0.441. The maximum Gasteiger partial charge on any atom is 0.344 e. The summed E-state index contributed by atoms with van der Waals surface area (Å²) in [6.07, 6.45) is 0. The summed E-state index contributed by atoms with van der Waals surface area (Å²) in [5, 5.41) is 1.63. The second kappa shape index (κ2) is 6.85. The summed E-state index contributed by atoms with van der Waals surface area (Å²) in [5.74, 6) is 0. The number of fused-ring (bicyclic) bond motifs is 2. The molecule has 0 aliphatic heterocycles. The molecule has 3 aromatic carbocycles. The third kappa shape index (κ3) is 2.77. The van der Waals surface area contributed by atoms with Crippen molar-refractivity contribution >= 4 is 21.9 Å². The van der Waals surface area contributed by atoms with Crippen LogP contribution >= 0.6 is 0 Å². The average molecular weight is 394 g/mol. The van der Waals surface area contributed by atoms with E-state index in [1.807, 2.05) is 80.6 Å². The van der Waals surface area contributed by atoms with Crippen LogP contribution in [0.3, 0.4) is 0 Å². The van der Waals surface area contributed by atoms with E-state index < -0.39 is 11.3 Å². The molecule has 0 N–H and O–H groups in total. The molecule has 0 saturated heterocycles. The quantitative estimate of drug-likeness (QED) is 0.278. The molecule has 2 aromatic heterocycles. The molecule has 146 valence electrons. The fourth-order valence-corrected chi connectivity index (χ4v) is 4.08. The fraction of sp³-hybridized carbons (Fsp3) is 0.0769. The van der Waals surface area contributed by atoms with Crippen LogP contribution in [0.2, 0.25) is 0 Å². The monoisotopic (exact) mass is 394 g/mol. The Balaban J connectivity index is 1.94. The van der Waals surface area contributed by atoms with Gasteiger partial charge in [0.1, 0.15) is 11.2 Å². The summed E-state index contributed by atoms with van der Waals surface area (Å²) in [7, 11) is 0. The lowest BCUT2D eigenvalue weighted by atomic mass is 9.94. The molecule has 0 bridgehead atoms. The van der Waals surface area contributed by atoms with Crippen LogP contribution in [0.5, 0.6) is 0 Å². The van der Waals surface area contributed by atoms with Crippen LogP contribution in [-0.2, 0) is 0 Å². The molecular formula is C26H18O4. The van der Waals surface area contributed by atoms with Gasteiger partial charge in [-0.05, 0) is 42.2 Å². The van der Waals surface area contributed by atoms with Gasteiger partial charge in [-0.3, -0.25) is 0 Å². The standard InChI is InChI=1S/C26H18O4/c1-15-19-13-21-20(17-9-5-3-6-10-17)14-22(27)29-25(21)16(2)24(19)30-26(28)23(15)18-11-7-4-8-12-18/h3-14H,1-2H3. The Kier molecular flexibility index (Phi) is 4.14. The molecule has 0 spiro atoms. The van der Waals surface area contributed by atoms with E-state index in [0.717, 1.165) is 33.0 Å². The van der Waals surface area contributed by atoms with Crippen LogP contribution in [0, 0.1) is 13.8 Å². The summed E-state index contributed by atoms with van der Waals surface area (Å²) in [6.45, 7) is 3.74. The Labute approximate surface area is 172 Å². The minimum Gasteiger partial charge on any atom is -0.422 e. The zero-order valence-electron chi connectivity index (χ0n) is 16.6. The van der Waals surface area contributed by atoms with Crippen LogP contribution in [0.1, 0.15) is 11.1 Å². The SMILES string of the molecule is Cc1c(-c2ccccc2)c(=O)oc2c(C)c3oc(=O)cc(-c4ccccc4)c3cc12. The van der Waals surface area contributed by atoms with Crippen molar-refractivity contribution in [3.05, 3.63) is 105 Å². The average Bonchev–Trinajstić information content (AvgIpc) is 2.76. The fourth-order valence-electron chi connectivity index (χ4n) is 4.08. The van der Waals surface area contributed by atoms with E-state index in [4.69, 9.17) is 8.83 Å². The van der Waals surface area contributed by atoms with Crippen molar-refractivity contribution in [1.82, 2.24) is 0 Å². The van der Waals surface area contributed by atoms with Gasteiger partial charge < -0.3 is 8.83 Å². The lowest BCUT2D eigenvalue weighted by molar-refractivity contribution is 0.546. The third-order valence-electron chi connectivity index (χ3n) is 5.54. The first-order chi connectivity index (χ1) is 14.5. The maximum absolute atomic E-state index is 12.8. The van der Waals surface area contributed by atoms with Crippen molar-refractivity contribution in [2.75, 3.05) is 0 Å². The summed E-state index contributed by atoms with van der Waals surface area (Å²) < 4.78 is 11.3. The van der Waals surface area contributed by atoms with E-state index in [1.165, 1.54) is 6.07 Å². The van der Waals surface area contributed by atoms with Gasteiger partial charge in [0.15, 0.2) is 0 Å². The molecule has 0 atom stereocenters. The number of hydrogen-bond donors (Lipinski definition) is 0. The molecule has 0 radical (unpaired) electrons. The molecule has 0 saturated carbocycles. The van der Waals surface area contributed by atoms with Gasteiger partial charge in [0.25, 0.3) is 0 Å². The minimum absolute atomic E-state index is 0.407. The van der Waals surface area contributed by atoms with Gasteiger partial charge in [-0.1, -0.05) is 60.7 Å². The van der Waals surface area contributed by atoms with Crippen molar-refractivity contribution in [3.63, 3.8) is 0 Å². The molecule has 0 aliphatic carbocycles. The highest BCUT2D eigenvalue weighted by Crippen LogP contribution is 2.36. The van der Waals surface area contributed by atoms with E-state index in [0.29, 0.717) is 22.3 Å². The Morgan fingerprint density at radius 1 is 0.633 bits per heavy atom. The molecule has 5 rings (SSSR count). The van der Waals surface area contributed by atoms with Crippen LogP contribution in [0.4, 0.5) is 0 Å². The highest BCUT2D eigenvalue weighted by atomic mass is 16.4. The van der Waals surface area contributed by atoms with Crippen LogP contribution in [-0.4, -0.2) is 0 Å². The summed E-state index contributed by atoms with van der Waals surface area (Å²) in [4.78, 5) is 25.1. The Morgan fingerprint density at radius 3 is 1.90 bits per heavy atom.